The van der Waals surface area contributed by atoms with Crippen LogP contribution in [0.3, 0.4) is 0 Å². The zero-order valence-electron chi connectivity index (χ0n) is 15.9. The third kappa shape index (κ3) is 3.33. The van der Waals surface area contributed by atoms with Crippen LogP contribution in [-0.2, 0) is 11.3 Å². The monoisotopic (exact) mass is 409 g/mol. The number of fused-ring (bicyclic) bond motifs is 3. The number of carbonyl (C=O) groups is 1. The van der Waals surface area contributed by atoms with Crippen LogP contribution in [0.2, 0.25) is 0 Å². The van der Waals surface area contributed by atoms with E-state index in [0.717, 1.165) is 5.56 Å². The lowest BCUT2D eigenvalue weighted by molar-refractivity contribution is -0.117. The molecule has 0 aliphatic heterocycles. The summed E-state index contributed by atoms with van der Waals surface area (Å²) in [6.07, 6.45) is 0. The van der Waals surface area contributed by atoms with Gasteiger partial charge < -0.3 is 10.5 Å². The average molecular weight is 409 g/mol. The molecule has 0 fully saturated rings. The number of carbonyl (C=O) groups excluding carboxylic acids is 1. The maximum atomic E-state index is 13.2. The van der Waals surface area contributed by atoms with E-state index in [-0.39, 0.29) is 12.1 Å². The van der Waals surface area contributed by atoms with E-state index in [1.54, 1.807) is 29.1 Å². The lowest BCUT2D eigenvalue weighted by atomic mass is 10.2. The fourth-order valence-electron chi connectivity index (χ4n) is 3.17. The molecule has 8 nitrogen and oxygen atoms in total. The van der Waals surface area contributed by atoms with Crippen molar-refractivity contribution in [3.8, 4) is 5.75 Å². The van der Waals surface area contributed by atoms with Gasteiger partial charge >= 0.3 is 0 Å². The third-order valence-electron chi connectivity index (χ3n) is 4.68. The van der Waals surface area contributed by atoms with E-state index in [9.17, 15) is 9.59 Å². The Morgan fingerprint density at radius 1 is 1.17 bits per heavy atom. The highest BCUT2D eigenvalue weighted by molar-refractivity contribution is 8.00. The summed E-state index contributed by atoms with van der Waals surface area (Å²) in [5, 5.41) is 9.02. The van der Waals surface area contributed by atoms with E-state index in [0.29, 0.717) is 27.6 Å². The van der Waals surface area contributed by atoms with Gasteiger partial charge in [0, 0.05) is 5.56 Å². The van der Waals surface area contributed by atoms with Crippen molar-refractivity contribution in [2.24, 2.45) is 5.73 Å². The van der Waals surface area contributed by atoms with Gasteiger partial charge in [0.15, 0.2) is 5.16 Å². The van der Waals surface area contributed by atoms with Gasteiger partial charge in [-0.2, -0.15) is 0 Å². The van der Waals surface area contributed by atoms with Crippen LogP contribution in [-0.4, -0.2) is 37.4 Å². The topological polar surface area (TPSA) is 105 Å². The lowest BCUT2D eigenvalue weighted by Crippen LogP contribution is -2.25. The van der Waals surface area contributed by atoms with Crippen LogP contribution in [0.4, 0.5) is 0 Å². The van der Waals surface area contributed by atoms with Gasteiger partial charge in [-0.1, -0.05) is 42.1 Å². The molecule has 0 spiro atoms. The molecule has 2 aromatic heterocycles. The molecule has 0 aliphatic rings. The summed E-state index contributed by atoms with van der Waals surface area (Å²) in [6.45, 7) is 1.98. The highest BCUT2D eigenvalue weighted by Gasteiger charge is 2.20. The largest absolute Gasteiger partial charge is 0.496 e. The Morgan fingerprint density at radius 2 is 1.90 bits per heavy atom. The zero-order valence-corrected chi connectivity index (χ0v) is 16.7. The van der Waals surface area contributed by atoms with Gasteiger partial charge in [-0.25, -0.2) is 0 Å². The number of amides is 1. The van der Waals surface area contributed by atoms with Gasteiger partial charge in [-0.15, -0.1) is 10.2 Å². The predicted octanol–water partition coefficient (Wildman–Crippen LogP) is 2.07. The minimum absolute atomic E-state index is 0.175. The molecule has 4 rings (SSSR count). The van der Waals surface area contributed by atoms with Crippen molar-refractivity contribution in [3.05, 3.63) is 64.4 Å². The molecule has 2 aromatic carbocycles. The van der Waals surface area contributed by atoms with Crippen LogP contribution in [0.25, 0.3) is 16.7 Å². The Bertz CT molecular complexity index is 1280. The average Bonchev–Trinajstić information content (AvgIpc) is 3.14. The van der Waals surface area contributed by atoms with E-state index in [4.69, 9.17) is 10.5 Å². The number of rotatable bonds is 6. The van der Waals surface area contributed by atoms with Gasteiger partial charge in [0.25, 0.3) is 5.56 Å². The smallest absolute Gasteiger partial charge is 0.263 e. The van der Waals surface area contributed by atoms with E-state index in [2.05, 4.69) is 10.2 Å². The van der Waals surface area contributed by atoms with E-state index < -0.39 is 11.2 Å². The minimum Gasteiger partial charge on any atom is -0.496 e. The van der Waals surface area contributed by atoms with E-state index in [1.807, 2.05) is 42.5 Å². The first kappa shape index (κ1) is 19.0. The summed E-state index contributed by atoms with van der Waals surface area (Å²) >= 11 is 1.21. The van der Waals surface area contributed by atoms with Gasteiger partial charge in [0.1, 0.15) is 5.75 Å². The molecule has 2 heterocycles. The molecule has 2 N–H and O–H groups in total. The molecule has 1 atom stereocenters. The second-order valence-corrected chi connectivity index (χ2v) is 7.81. The molecule has 0 saturated heterocycles. The molecule has 9 heteroatoms. The Labute approximate surface area is 170 Å². The quantitative estimate of drug-likeness (QED) is 0.489. The predicted molar refractivity (Wildman–Crippen MR) is 111 cm³/mol. The maximum absolute atomic E-state index is 13.2. The van der Waals surface area contributed by atoms with Crippen molar-refractivity contribution >= 4 is 34.3 Å². The Kier molecular flexibility index (Phi) is 4.98. The number of hydrogen-bond donors (Lipinski definition) is 1. The summed E-state index contributed by atoms with van der Waals surface area (Å²) in [4.78, 5) is 24.8. The first-order chi connectivity index (χ1) is 14.0. The fraction of sp³-hybridized carbons (Fsp3) is 0.200. The summed E-state index contributed by atoms with van der Waals surface area (Å²) in [5.74, 6) is 0.624. The molecule has 0 bridgehead atoms. The molecule has 4 aromatic rings. The number of ether oxygens (including phenoxy) is 1. The first-order valence-electron chi connectivity index (χ1n) is 8.95. The molecule has 29 heavy (non-hydrogen) atoms. The SMILES string of the molecule is COc1ccccc1Cn1c(=O)c2ccccc2n2c(S[C@@H](C)C(N)=O)nnc12. The molecule has 148 valence electrons. The van der Waals surface area contributed by atoms with Gasteiger partial charge in [-0.3, -0.25) is 18.6 Å². The molecular weight excluding hydrogens is 390 g/mol. The normalized spacial score (nSPS) is 12.3. The van der Waals surface area contributed by atoms with Crippen molar-refractivity contribution in [2.45, 2.75) is 23.9 Å². The number of para-hydroxylation sites is 2. The minimum atomic E-state index is -0.490. The first-order valence-corrected chi connectivity index (χ1v) is 9.83. The van der Waals surface area contributed by atoms with Crippen molar-refractivity contribution in [2.75, 3.05) is 7.11 Å². The van der Waals surface area contributed by atoms with Crippen molar-refractivity contribution in [1.29, 1.82) is 0 Å². The van der Waals surface area contributed by atoms with Crippen LogP contribution in [0.1, 0.15) is 12.5 Å². The molecule has 0 radical (unpaired) electrons. The zero-order chi connectivity index (χ0) is 20.5. The highest BCUT2D eigenvalue weighted by Crippen LogP contribution is 2.26. The number of benzene rings is 2. The Hall–Kier alpha value is -3.33. The van der Waals surface area contributed by atoms with Crippen molar-refractivity contribution in [1.82, 2.24) is 19.2 Å². The standard InChI is InChI=1S/C20H19N5O3S/c1-12(17(21)26)29-20-23-22-19-24(11-13-7-3-6-10-16(13)28-2)18(27)14-8-4-5-9-15(14)25(19)20/h3-10,12H,11H2,1-2H3,(H2,21,26)/t12-/m0/s1. The fourth-order valence-corrected chi connectivity index (χ4v) is 3.98. The van der Waals surface area contributed by atoms with Crippen LogP contribution >= 0.6 is 11.8 Å². The van der Waals surface area contributed by atoms with Crippen LogP contribution in [0.5, 0.6) is 5.75 Å². The molecular formula is C20H19N5O3S. The molecule has 0 saturated carbocycles. The second kappa shape index (κ2) is 7.59. The Morgan fingerprint density at radius 3 is 2.66 bits per heavy atom. The van der Waals surface area contributed by atoms with E-state index in [1.165, 1.54) is 11.8 Å². The van der Waals surface area contributed by atoms with Gasteiger partial charge in [-0.05, 0) is 25.1 Å². The van der Waals surface area contributed by atoms with Crippen molar-refractivity contribution < 1.29 is 9.53 Å². The number of aromatic nitrogens is 4. The van der Waals surface area contributed by atoms with Crippen LogP contribution in [0, 0.1) is 0 Å². The number of primary amides is 1. The van der Waals surface area contributed by atoms with Gasteiger partial charge in [0.05, 0.1) is 29.8 Å². The number of nitrogens with two attached hydrogens (primary N) is 1. The van der Waals surface area contributed by atoms with Crippen LogP contribution in [0.15, 0.2) is 58.5 Å². The third-order valence-corrected chi connectivity index (χ3v) is 5.74. The Balaban J connectivity index is 1.97. The van der Waals surface area contributed by atoms with E-state index >= 15 is 0 Å². The lowest BCUT2D eigenvalue weighted by Gasteiger charge is -2.13. The summed E-state index contributed by atoms with van der Waals surface area (Å²) in [6, 6.07) is 14.8. The van der Waals surface area contributed by atoms with Crippen molar-refractivity contribution in [3.63, 3.8) is 0 Å². The second-order valence-electron chi connectivity index (χ2n) is 6.50. The summed E-state index contributed by atoms with van der Waals surface area (Å²) in [5.41, 5.74) is 6.75. The summed E-state index contributed by atoms with van der Waals surface area (Å²) < 4.78 is 8.78. The highest BCUT2D eigenvalue weighted by atomic mass is 32.2. The number of methoxy groups -OCH3 is 1. The number of nitrogens with zero attached hydrogens (tertiary/aromatic N) is 4. The van der Waals surface area contributed by atoms with Crippen LogP contribution < -0.4 is 16.0 Å². The molecule has 0 unspecified atom stereocenters. The number of thioether (sulfide) groups is 1. The van der Waals surface area contributed by atoms with Gasteiger partial charge in [0.2, 0.25) is 11.7 Å². The molecule has 1 amide bonds. The maximum Gasteiger partial charge on any atom is 0.263 e. The molecule has 0 aliphatic carbocycles. The number of hydrogen-bond acceptors (Lipinski definition) is 6. The summed E-state index contributed by atoms with van der Waals surface area (Å²) in [7, 11) is 1.59.